The number of ether oxygens (including phenoxy) is 1. The molecule has 0 heterocycles. The van der Waals surface area contributed by atoms with Gasteiger partial charge in [-0.1, -0.05) is 47.5 Å². The molecule has 0 N–H and O–H groups in total. The number of para-hydroxylation sites is 1. The first-order valence-corrected chi connectivity index (χ1v) is 8.73. The summed E-state index contributed by atoms with van der Waals surface area (Å²) in [6.45, 7) is 0.936. The first kappa shape index (κ1) is 18.9. The Hall–Kier alpha value is -1.42. The first-order chi connectivity index (χ1) is 11.5. The van der Waals surface area contributed by atoms with E-state index in [1.54, 1.807) is 24.1 Å². The van der Waals surface area contributed by atoms with E-state index in [4.69, 9.17) is 39.5 Å². The molecular formula is C18H18Cl3NO2. The quantitative estimate of drug-likeness (QED) is 0.639. The zero-order valence-electron chi connectivity index (χ0n) is 13.3. The van der Waals surface area contributed by atoms with E-state index in [1.165, 1.54) is 0 Å². The Morgan fingerprint density at radius 1 is 1.12 bits per heavy atom. The number of alkyl halides is 1. The van der Waals surface area contributed by atoms with Crippen LogP contribution in [0.2, 0.25) is 10.0 Å². The van der Waals surface area contributed by atoms with Crippen molar-refractivity contribution >= 4 is 40.7 Å². The molecule has 3 nitrogen and oxygen atoms in total. The molecule has 2 aromatic carbocycles. The highest BCUT2D eigenvalue weighted by Crippen LogP contribution is 2.23. The molecule has 0 aliphatic rings. The minimum absolute atomic E-state index is 0.0660. The molecule has 0 aromatic heterocycles. The lowest BCUT2D eigenvalue weighted by Crippen LogP contribution is -2.33. The summed E-state index contributed by atoms with van der Waals surface area (Å²) in [6, 6.07) is 13.0. The molecule has 2 rings (SSSR count). The van der Waals surface area contributed by atoms with Gasteiger partial charge >= 0.3 is 0 Å². The van der Waals surface area contributed by atoms with Crippen molar-refractivity contribution in [1.82, 2.24) is 4.90 Å². The lowest BCUT2D eigenvalue weighted by atomic mass is 10.1. The average molecular weight is 387 g/mol. The molecule has 0 unspecified atom stereocenters. The highest BCUT2D eigenvalue weighted by Gasteiger charge is 2.15. The number of hydrogen-bond donors (Lipinski definition) is 0. The number of benzene rings is 2. The standard InChI is InChI=1S/C18H18Cl3NO2/c1-24-17-5-3-2-4-14(17)12-22(18(23)11-19)9-8-13-6-7-15(20)10-16(13)21/h2-7,10H,8-9,11-12H2,1H3. The Kier molecular flexibility index (Phi) is 7.22. The molecule has 0 fully saturated rings. The second-order valence-electron chi connectivity index (χ2n) is 5.25. The first-order valence-electron chi connectivity index (χ1n) is 7.44. The Morgan fingerprint density at radius 2 is 1.88 bits per heavy atom. The molecule has 24 heavy (non-hydrogen) atoms. The van der Waals surface area contributed by atoms with Crippen LogP contribution in [0, 0.1) is 0 Å². The summed E-state index contributed by atoms with van der Waals surface area (Å²) in [5, 5.41) is 1.18. The third-order valence-electron chi connectivity index (χ3n) is 3.69. The van der Waals surface area contributed by atoms with Crippen molar-refractivity contribution in [3.8, 4) is 5.75 Å². The van der Waals surface area contributed by atoms with E-state index in [-0.39, 0.29) is 11.8 Å². The van der Waals surface area contributed by atoms with Crippen molar-refractivity contribution in [3.05, 3.63) is 63.6 Å². The molecule has 0 bridgehead atoms. The van der Waals surface area contributed by atoms with Crippen molar-refractivity contribution in [3.63, 3.8) is 0 Å². The van der Waals surface area contributed by atoms with Crippen molar-refractivity contribution in [2.24, 2.45) is 0 Å². The van der Waals surface area contributed by atoms with E-state index < -0.39 is 0 Å². The summed E-state index contributed by atoms with van der Waals surface area (Å²) >= 11 is 17.9. The van der Waals surface area contributed by atoms with Gasteiger partial charge in [-0.3, -0.25) is 4.79 Å². The van der Waals surface area contributed by atoms with Gasteiger partial charge in [-0.25, -0.2) is 0 Å². The second kappa shape index (κ2) is 9.16. The van der Waals surface area contributed by atoms with Crippen LogP contribution in [0.3, 0.4) is 0 Å². The fourth-order valence-corrected chi connectivity index (χ4v) is 3.07. The van der Waals surface area contributed by atoms with Crippen LogP contribution in [-0.4, -0.2) is 30.3 Å². The number of hydrogen-bond acceptors (Lipinski definition) is 2. The Labute approximate surface area is 157 Å². The number of nitrogens with zero attached hydrogens (tertiary/aromatic N) is 1. The number of amides is 1. The maximum Gasteiger partial charge on any atom is 0.237 e. The number of carbonyl (C=O) groups excluding carboxylic acids is 1. The normalized spacial score (nSPS) is 10.5. The zero-order chi connectivity index (χ0) is 17.5. The minimum Gasteiger partial charge on any atom is -0.496 e. The van der Waals surface area contributed by atoms with Crippen molar-refractivity contribution in [2.75, 3.05) is 19.5 Å². The van der Waals surface area contributed by atoms with Gasteiger partial charge in [0.25, 0.3) is 0 Å². The number of methoxy groups -OCH3 is 1. The van der Waals surface area contributed by atoms with Crippen LogP contribution in [0.15, 0.2) is 42.5 Å². The van der Waals surface area contributed by atoms with E-state index in [1.807, 2.05) is 30.3 Å². The molecule has 128 valence electrons. The number of halogens is 3. The highest BCUT2D eigenvalue weighted by atomic mass is 35.5. The maximum absolute atomic E-state index is 12.2. The molecule has 0 atom stereocenters. The van der Waals surface area contributed by atoms with Gasteiger partial charge < -0.3 is 9.64 Å². The Morgan fingerprint density at radius 3 is 2.54 bits per heavy atom. The molecule has 2 aromatic rings. The fraction of sp³-hybridized carbons (Fsp3) is 0.278. The predicted octanol–water partition coefficient (Wildman–Crippen LogP) is 4.81. The van der Waals surface area contributed by atoms with Crippen LogP contribution in [0.5, 0.6) is 5.75 Å². The molecule has 0 saturated heterocycles. The topological polar surface area (TPSA) is 29.5 Å². The van der Waals surface area contributed by atoms with Crippen LogP contribution in [0.1, 0.15) is 11.1 Å². The highest BCUT2D eigenvalue weighted by molar-refractivity contribution is 6.35. The fourth-order valence-electron chi connectivity index (χ4n) is 2.40. The van der Waals surface area contributed by atoms with Gasteiger partial charge in [-0.15, -0.1) is 11.6 Å². The van der Waals surface area contributed by atoms with E-state index >= 15 is 0 Å². The van der Waals surface area contributed by atoms with Gasteiger partial charge in [0.15, 0.2) is 0 Å². The van der Waals surface area contributed by atoms with Gasteiger partial charge in [0.05, 0.1) is 7.11 Å². The molecule has 0 saturated carbocycles. The SMILES string of the molecule is COc1ccccc1CN(CCc1ccc(Cl)cc1Cl)C(=O)CCl. The van der Waals surface area contributed by atoms with Crippen LogP contribution in [-0.2, 0) is 17.8 Å². The zero-order valence-corrected chi connectivity index (χ0v) is 15.5. The van der Waals surface area contributed by atoms with Gasteiger partial charge in [0.1, 0.15) is 11.6 Å². The van der Waals surface area contributed by atoms with Gasteiger partial charge in [0, 0.05) is 28.7 Å². The van der Waals surface area contributed by atoms with Gasteiger partial charge in [-0.05, 0) is 30.2 Å². The number of rotatable bonds is 7. The largest absolute Gasteiger partial charge is 0.496 e. The van der Waals surface area contributed by atoms with Crippen LogP contribution >= 0.6 is 34.8 Å². The van der Waals surface area contributed by atoms with E-state index in [9.17, 15) is 4.79 Å². The van der Waals surface area contributed by atoms with Gasteiger partial charge in [-0.2, -0.15) is 0 Å². The predicted molar refractivity (Wildman–Crippen MR) is 99.3 cm³/mol. The lowest BCUT2D eigenvalue weighted by Gasteiger charge is -2.23. The molecular weight excluding hydrogens is 369 g/mol. The second-order valence-corrected chi connectivity index (χ2v) is 6.36. The lowest BCUT2D eigenvalue weighted by molar-refractivity contribution is -0.129. The maximum atomic E-state index is 12.2. The van der Waals surface area contributed by atoms with E-state index in [2.05, 4.69) is 0 Å². The summed E-state index contributed by atoms with van der Waals surface area (Å²) in [7, 11) is 1.61. The van der Waals surface area contributed by atoms with Crippen LogP contribution in [0.25, 0.3) is 0 Å². The van der Waals surface area contributed by atoms with Crippen LogP contribution in [0.4, 0.5) is 0 Å². The summed E-state index contributed by atoms with van der Waals surface area (Å²) < 4.78 is 5.35. The monoisotopic (exact) mass is 385 g/mol. The molecule has 1 amide bonds. The summed E-state index contributed by atoms with van der Waals surface area (Å²) in [4.78, 5) is 13.9. The summed E-state index contributed by atoms with van der Waals surface area (Å²) in [5.41, 5.74) is 1.87. The molecule has 0 aliphatic heterocycles. The smallest absolute Gasteiger partial charge is 0.237 e. The van der Waals surface area contributed by atoms with E-state index in [0.29, 0.717) is 29.6 Å². The van der Waals surface area contributed by atoms with Crippen molar-refractivity contribution in [2.45, 2.75) is 13.0 Å². The minimum atomic E-state index is -0.132. The van der Waals surface area contributed by atoms with E-state index in [0.717, 1.165) is 16.9 Å². The Balaban J connectivity index is 2.12. The van der Waals surface area contributed by atoms with Crippen molar-refractivity contribution in [1.29, 1.82) is 0 Å². The molecule has 0 radical (unpaired) electrons. The molecule has 0 aliphatic carbocycles. The third kappa shape index (κ3) is 5.04. The van der Waals surface area contributed by atoms with Gasteiger partial charge in [0.2, 0.25) is 5.91 Å². The third-order valence-corrected chi connectivity index (χ3v) is 4.50. The van der Waals surface area contributed by atoms with Crippen LogP contribution < -0.4 is 4.74 Å². The number of carbonyl (C=O) groups is 1. The molecule has 6 heteroatoms. The summed E-state index contributed by atoms with van der Waals surface area (Å²) in [5.74, 6) is 0.547. The molecule has 0 spiro atoms. The van der Waals surface area contributed by atoms with Crippen molar-refractivity contribution < 1.29 is 9.53 Å². The Bertz CT molecular complexity index is 706. The average Bonchev–Trinajstić information content (AvgIpc) is 2.59. The summed E-state index contributed by atoms with van der Waals surface area (Å²) in [6.07, 6.45) is 0.619.